The fourth-order valence-corrected chi connectivity index (χ4v) is 3.41. The first kappa shape index (κ1) is 14.2. The molecule has 3 rings (SSSR count). The van der Waals surface area contributed by atoms with Gasteiger partial charge in [0.25, 0.3) is 0 Å². The number of nitrogens with one attached hydrogen (secondary N) is 1. The molecule has 0 aliphatic carbocycles. The largest absolute Gasteiger partial charge is 0.461 e. The molecule has 1 fully saturated rings. The first-order valence-corrected chi connectivity index (χ1v) is 8.76. The molecule has 2 aromatic heterocycles. The van der Waals surface area contributed by atoms with Gasteiger partial charge in [-0.15, -0.1) is 0 Å². The number of rotatable bonds is 3. The standard InChI is InChI=1S/C14H17N3O3S/c1-21(18,19)12-9-16-14(11-5-3-7-20-11)17-13(12)10-4-2-6-15-8-10/h3,5,7,9-10,15H,2,4,6,8H2,1H3. The van der Waals surface area contributed by atoms with Gasteiger partial charge in [0.1, 0.15) is 4.90 Å². The van der Waals surface area contributed by atoms with E-state index in [4.69, 9.17) is 4.42 Å². The fourth-order valence-electron chi connectivity index (χ4n) is 2.57. The van der Waals surface area contributed by atoms with Gasteiger partial charge in [-0.05, 0) is 31.5 Å². The second kappa shape index (κ2) is 5.57. The van der Waals surface area contributed by atoms with Crippen LogP contribution in [0.25, 0.3) is 11.6 Å². The maximum Gasteiger partial charge on any atom is 0.195 e. The van der Waals surface area contributed by atoms with E-state index in [1.54, 1.807) is 18.4 Å². The van der Waals surface area contributed by atoms with Crippen LogP contribution in [0.3, 0.4) is 0 Å². The number of furan rings is 1. The lowest BCUT2D eigenvalue weighted by molar-refractivity contribution is 0.447. The van der Waals surface area contributed by atoms with Crippen LogP contribution in [-0.4, -0.2) is 37.7 Å². The van der Waals surface area contributed by atoms with Crippen molar-refractivity contribution in [2.24, 2.45) is 0 Å². The lowest BCUT2D eigenvalue weighted by Crippen LogP contribution is -2.30. The lowest BCUT2D eigenvalue weighted by Gasteiger charge is -2.23. The van der Waals surface area contributed by atoms with Crippen molar-refractivity contribution < 1.29 is 12.8 Å². The summed E-state index contributed by atoms with van der Waals surface area (Å²) in [4.78, 5) is 8.83. The second-order valence-electron chi connectivity index (χ2n) is 5.24. The summed E-state index contributed by atoms with van der Waals surface area (Å²) in [6.07, 6.45) is 6.06. The van der Waals surface area contributed by atoms with E-state index in [1.165, 1.54) is 12.5 Å². The number of hydrogen-bond donors (Lipinski definition) is 1. The van der Waals surface area contributed by atoms with Crippen LogP contribution >= 0.6 is 0 Å². The SMILES string of the molecule is CS(=O)(=O)c1cnc(-c2ccco2)nc1C1CCCNC1. The zero-order valence-electron chi connectivity index (χ0n) is 11.7. The molecule has 0 spiro atoms. The Kier molecular flexibility index (Phi) is 3.77. The van der Waals surface area contributed by atoms with Gasteiger partial charge in [-0.25, -0.2) is 18.4 Å². The van der Waals surface area contributed by atoms with Gasteiger partial charge in [0.2, 0.25) is 0 Å². The number of nitrogens with zero attached hydrogens (tertiary/aromatic N) is 2. The lowest BCUT2D eigenvalue weighted by atomic mass is 9.96. The molecule has 0 saturated carbocycles. The molecule has 2 aromatic rings. The summed E-state index contributed by atoms with van der Waals surface area (Å²) in [6, 6.07) is 3.52. The Morgan fingerprint density at radius 3 is 2.90 bits per heavy atom. The highest BCUT2D eigenvalue weighted by molar-refractivity contribution is 7.90. The third-order valence-electron chi connectivity index (χ3n) is 3.61. The molecule has 0 aromatic carbocycles. The topological polar surface area (TPSA) is 85.1 Å². The van der Waals surface area contributed by atoms with Crippen LogP contribution in [0.1, 0.15) is 24.5 Å². The number of aromatic nitrogens is 2. The Hall–Kier alpha value is -1.73. The molecule has 0 bridgehead atoms. The Morgan fingerprint density at radius 1 is 1.43 bits per heavy atom. The molecule has 1 atom stereocenters. The van der Waals surface area contributed by atoms with Crippen molar-refractivity contribution >= 4 is 9.84 Å². The van der Waals surface area contributed by atoms with E-state index in [0.717, 1.165) is 25.9 Å². The zero-order valence-corrected chi connectivity index (χ0v) is 12.6. The quantitative estimate of drug-likeness (QED) is 0.927. The normalized spacial score (nSPS) is 19.6. The summed E-state index contributed by atoms with van der Waals surface area (Å²) in [5, 5.41) is 3.29. The summed E-state index contributed by atoms with van der Waals surface area (Å²) < 4.78 is 29.2. The van der Waals surface area contributed by atoms with Gasteiger partial charge in [-0.1, -0.05) is 0 Å². The Balaban J connectivity index is 2.09. The van der Waals surface area contributed by atoms with Crippen LogP contribution in [0, 0.1) is 0 Å². The van der Waals surface area contributed by atoms with E-state index < -0.39 is 9.84 Å². The van der Waals surface area contributed by atoms with Gasteiger partial charge in [0, 0.05) is 18.7 Å². The van der Waals surface area contributed by atoms with Crippen molar-refractivity contribution in [3.63, 3.8) is 0 Å². The van der Waals surface area contributed by atoms with Crippen LogP contribution < -0.4 is 5.32 Å². The van der Waals surface area contributed by atoms with Crippen molar-refractivity contribution in [1.29, 1.82) is 0 Å². The average Bonchev–Trinajstić information content (AvgIpc) is 3.01. The monoisotopic (exact) mass is 307 g/mol. The van der Waals surface area contributed by atoms with Crippen molar-refractivity contribution in [3.05, 3.63) is 30.3 Å². The van der Waals surface area contributed by atoms with Crippen LogP contribution in [0.5, 0.6) is 0 Å². The van der Waals surface area contributed by atoms with Crippen LogP contribution in [-0.2, 0) is 9.84 Å². The van der Waals surface area contributed by atoms with Gasteiger partial charge in [-0.3, -0.25) is 0 Å². The van der Waals surface area contributed by atoms with E-state index in [-0.39, 0.29) is 10.8 Å². The molecular formula is C14H17N3O3S. The zero-order chi connectivity index (χ0) is 14.9. The van der Waals surface area contributed by atoms with Gasteiger partial charge < -0.3 is 9.73 Å². The molecule has 7 heteroatoms. The van der Waals surface area contributed by atoms with E-state index in [0.29, 0.717) is 17.3 Å². The maximum absolute atomic E-state index is 12.0. The molecule has 6 nitrogen and oxygen atoms in total. The predicted octanol–water partition coefficient (Wildman–Crippen LogP) is 1.61. The predicted molar refractivity (Wildman–Crippen MR) is 77.7 cm³/mol. The van der Waals surface area contributed by atoms with Crippen molar-refractivity contribution in [1.82, 2.24) is 15.3 Å². The highest BCUT2D eigenvalue weighted by Gasteiger charge is 2.25. The van der Waals surface area contributed by atoms with Crippen LogP contribution in [0.2, 0.25) is 0 Å². The number of piperidine rings is 1. The summed E-state index contributed by atoms with van der Waals surface area (Å²) in [5.74, 6) is 1.05. The summed E-state index contributed by atoms with van der Waals surface area (Å²) in [7, 11) is -3.35. The molecule has 1 aliphatic rings. The first-order chi connectivity index (χ1) is 10.1. The third-order valence-corrected chi connectivity index (χ3v) is 4.72. The molecule has 112 valence electrons. The van der Waals surface area contributed by atoms with E-state index in [9.17, 15) is 8.42 Å². The highest BCUT2D eigenvalue weighted by Crippen LogP contribution is 2.29. The molecule has 1 unspecified atom stereocenters. The minimum Gasteiger partial charge on any atom is -0.461 e. The molecule has 1 saturated heterocycles. The summed E-state index contributed by atoms with van der Waals surface area (Å²) >= 11 is 0. The van der Waals surface area contributed by atoms with E-state index in [1.807, 2.05) is 0 Å². The highest BCUT2D eigenvalue weighted by atomic mass is 32.2. The Morgan fingerprint density at radius 2 is 2.29 bits per heavy atom. The number of sulfone groups is 1. The van der Waals surface area contributed by atoms with Gasteiger partial charge in [0.05, 0.1) is 18.2 Å². The third kappa shape index (κ3) is 2.98. The molecule has 0 radical (unpaired) electrons. The van der Waals surface area contributed by atoms with Crippen LogP contribution in [0.4, 0.5) is 0 Å². The van der Waals surface area contributed by atoms with E-state index in [2.05, 4.69) is 15.3 Å². The van der Waals surface area contributed by atoms with Crippen molar-refractivity contribution in [2.75, 3.05) is 19.3 Å². The molecule has 1 N–H and O–H groups in total. The average molecular weight is 307 g/mol. The first-order valence-electron chi connectivity index (χ1n) is 6.87. The minimum absolute atomic E-state index is 0.0835. The number of hydrogen-bond acceptors (Lipinski definition) is 6. The Labute approximate surface area is 123 Å². The summed E-state index contributed by atoms with van der Waals surface area (Å²) in [6.45, 7) is 1.69. The fraction of sp³-hybridized carbons (Fsp3) is 0.429. The molecule has 1 aliphatic heterocycles. The smallest absolute Gasteiger partial charge is 0.195 e. The minimum atomic E-state index is -3.35. The van der Waals surface area contributed by atoms with Gasteiger partial charge in [0.15, 0.2) is 21.4 Å². The van der Waals surface area contributed by atoms with Crippen molar-refractivity contribution in [2.45, 2.75) is 23.7 Å². The molecular weight excluding hydrogens is 290 g/mol. The maximum atomic E-state index is 12.0. The van der Waals surface area contributed by atoms with E-state index >= 15 is 0 Å². The molecule has 0 amide bonds. The molecule has 21 heavy (non-hydrogen) atoms. The second-order valence-corrected chi connectivity index (χ2v) is 7.22. The van der Waals surface area contributed by atoms with Crippen LogP contribution in [0.15, 0.2) is 33.9 Å². The van der Waals surface area contributed by atoms with Crippen molar-refractivity contribution in [3.8, 4) is 11.6 Å². The van der Waals surface area contributed by atoms with Gasteiger partial charge in [-0.2, -0.15) is 0 Å². The van der Waals surface area contributed by atoms with Gasteiger partial charge >= 0.3 is 0 Å². The Bertz CT molecular complexity index is 720. The summed E-state index contributed by atoms with van der Waals surface area (Å²) in [5.41, 5.74) is 0.589. The molecule has 3 heterocycles.